The van der Waals surface area contributed by atoms with Crippen molar-refractivity contribution in [3.8, 4) is 0 Å². The van der Waals surface area contributed by atoms with Crippen LogP contribution in [0.4, 0.5) is 0 Å². The summed E-state index contributed by atoms with van der Waals surface area (Å²) in [4.78, 5) is 0. The summed E-state index contributed by atoms with van der Waals surface area (Å²) < 4.78 is 31.0. The van der Waals surface area contributed by atoms with Crippen molar-refractivity contribution in [1.29, 1.82) is 0 Å². The molecule has 5 nitrogen and oxygen atoms in total. The molecular formula is C22H49NO4S. The fraction of sp³-hybridized carbons (Fsp3) is 1.00. The summed E-state index contributed by atoms with van der Waals surface area (Å²) in [5.74, 6) is 1.93. The van der Waals surface area contributed by atoms with Crippen LogP contribution in [0.15, 0.2) is 0 Å². The molecule has 0 heterocycles. The Bertz CT molecular complexity index is 397. The highest BCUT2D eigenvalue weighted by atomic mass is 32.3. The highest BCUT2D eigenvalue weighted by molar-refractivity contribution is 7.80. The Balaban J connectivity index is 0. The van der Waals surface area contributed by atoms with Gasteiger partial charge in [0.25, 0.3) is 0 Å². The average molecular weight is 424 g/mol. The van der Waals surface area contributed by atoms with Crippen molar-refractivity contribution < 1.29 is 22.5 Å². The van der Waals surface area contributed by atoms with Crippen molar-refractivity contribution >= 4 is 10.4 Å². The molecular weight excluding hydrogens is 374 g/mol. The van der Waals surface area contributed by atoms with E-state index in [0.717, 1.165) is 25.0 Å². The van der Waals surface area contributed by atoms with Gasteiger partial charge >= 0.3 is 0 Å². The zero-order valence-electron chi connectivity index (χ0n) is 19.5. The summed E-state index contributed by atoms with van der Waals surface area (Å²) in [6.45, 7) is 13.1. The van der Waals surface area contributed by atoms with Gasteiger partial charge < -0.3 is 9.87 Å². The van der Waals surface area contributed by atoms with Gasteiger partial charge in [-0.15, -0.1) is 0 Å². The van der Waals surface area contributed by atoms with E-state index in [9.17, 15) is 13.0 Å². The van der Waals surface area contributed by atoms with Gasteiger partial charge in [0.15, 0.2) is 0 Å². The molecule has 0 saturated carbocycles. The van der Waals surface area contributed by atoms with Gasteiger partial charge in [0.1, 0.15) is 0 Å². The number of unbranched alkanes of at least 4 members (excludes halogenated alkanes) is 3. The van der Waals surface area contributed by atoms with Crippen molar-refractivity contribution in [3.63, 3.8) is 0 Å². The van der Waals surface area contributed by atoms with E-state index in [0.29, 0.717) is 0 Å². The fourth-order valence-corrected chi connectivity index (χ4v) is 3.67. The third-order valence-corrected chi connectivity index (χ3v) is 6.03. The van der Waals surface area contributed by atoms with Crippen molar-refractivity contribution in [2.24, 2.45) is 11.8 Å². The molecule has 0 spiro atoms. The fourth-order valence-electron chi connectivity index (χ4n) is 3.67. The van der Waals surface area contributed by atoms with E-state index in [1.165, 1.54) is 83.6 Å². The maximum atomic E-state index is 9.22. The summed E-state index contributed by atoms with van der Waals surface area (Å²) in [7, 11) is -3.60. The van der Waals surface area contributed by atoms with Gasteiger partial charge in [-0.05, 0) is 18.3 Å². The maximum absolute atomic E-state index is 9.22. The second-order valence-electron chi connectivity index (χ2n) is 8.02. The zero-order chi connectivity index (χ0) is 21.8. The third-order valence-electron chi connectivity index (χ3n) is 5.62. The summed E-state index contributed by atoms with van der Waals surface area (Å²) in [5.41, 5.74) is 0. The summed E-state index contributed by atoms with van der Waals surface area (Å²) in [6, 6.07) is 0.884. The first-order valence-electron chi connectivity index (χ1n) is 11.6. The average Bonchev–Trinajstić information content (AvgIpc) is 2.67. The number of hydrogen-bond acceptors (Lipinski definition) is 4. The monoisotopic (exact) mass is 423 g/mol. The quantitative estimate of drug-likeness (QED) is 0.202. The minimum atomic E-state index is -4.41. The van der Waals surface area contributed by atoms with Crippen LogP contribution >= 0.6 is 0 Å². The first kappa shape index (κ1) is 30.0. The van der Waals surface area contributed by atoms with Crippen LogP contribution in [-0.4, -0.2) is 32.7 Å². The normalized spacial score (nSPS) is 14.8. The second-order valence-corrected chi connectivity index (χ2v) is 9.17. The smallest absolute Gasteiger partial charge is 0.217 e. The van der Waals surface area contributed by atoms with Crippen LogP contribution in [0.5, 0.6) is 0 Å². The molecule has 0 bridgehead atoms. The molecule has 6 heteroatoms. The largest absolute Gasteiger partial charge is 0.726 e. The Kier molecular flexibility index (Phi) is 21.6. The Labute approximate surface area is 176 Å². The molecule has 0 aliphatic carbocycles. The second kappa shape index (κ2) is 20.1. The molecule has 2 atom stereocenters. The van der Waals surface area contributed by atoms with E-state index in [-0.39, 0.29) is 0 Å². The molecule has 0 aromatic carbocycles. The predicted octanol–water partition coefficient (Wildman–Crippen LogP) is 5.02. The van der Waals surface area contributed by atoms with Crippen LogP contribution in [0.1, 0.15) is 112 Å². The van der Waals surface area contributed by atoms with Crippen molar-refractivity contribution in [2.75, 3.05) is 13.7 Å². The van der Waals surface area contributed by atoms with Crippen LogP contribution in [0.3, 0.4) is 0 Å². The minimum absolute atomic E-state index is 0.808. The lowest BCUT2D eigenvalue weighted by Gasteiger charge is -2.25. The molecule has 28 heavy (non-hydrogen) atoms. The lowest BCUT2D eigenvalue weighted by molar-refractivity contribution is -0.692. The highest BCUT2D eigenvalue weighted by Gasteiger charge is 2.21. The predicted molar refractivity (Wildman–Crippen MR) is 118 cm³/mol. The minimum Gasteiger partial charge on any atom is -0.726 e. The van der Waals surface area contributed by atoms with Gasteiger partial charge in [0, 0.05) is 12.8 Å². The number of rotatable bonds is 17. The van der Waals surface area contributed by atoms with Crippen LogP contribution in [0, 0.1) is 11.8 Å². The molecule has 0 radical (unpaired) electrons. The molecule has 0 aliphatic rings. The van der Waals surface area contributed by atoms with Gasteiger partial charge in [-0.1, -0.05) is 92.4 Å². The number of quaternary nitrogens is 1. The van der Waals surface area contributed by atoms with Gasteiger partial charge in [-0.3, -0.25) is 4.18 Å². The number of hydrogen-bond donors (Lipinski definition) is 1. The van der Waals surface area contributed by atoms with Gasteiger partial charge in [-0.25, -0.2) is 8.42 Å². The van der Waals surface area contributed by atoms with E-state index >= 15 is 0 Å². The zero-order valence-corrected chi connectivity index (χ0v) is 20.4. The Morgan fingerprint density at radius 3 is 1.50 bits per heavy atom. The molecule has 172 valence electrons. The van der Waals surface area contributed by atoms with Crippen LogP contribution in [-0.2, 0) is 14.6 Å². The Morgan fingerprint density at radius 2 is 1.21 bits per heavy atom. The van der Waals surface area contributed by atoms with E-state index in [4.69, 9.17) is 0 Å². The van der Waals surface area contributed by atoms with Crippen LogP contribution < -0.4 is 5.32 Å². The summed E-state index contributed by atoms with van der Waals surface area (Å²) in [5, 5.41) is 2.70. The number of nitrogens with two attached hydrogens (primary N) is 1. The topological polar surface area (TPSA) is 83.0 Å². The van der Waals surface area contributed by atoms with E-state index < -0.39 is 10.4 Å². The SMILES string of the molecule is CCCC[NH2+]C(CC(CC)CCCC)CC(CC)CCCC.COS(=O)(=O)[O-]. The third kappa shape index (κ3) is 20.6. The highest BCUT2D eigenvalue weighted by Crippen LogP contribution is 2.23. The Hall–Kier alpha value is -0.170. The van der Waals surface area contributed by atoms with Crippen LogP contribution in [0.25, 0.3) is 0 Å². The van der Waals surface area contributed by atoms with Gasteiger partial charge in [-0.2, -0.15) is 0 Å². The first-order chi connectivity index (χ1) is 13.3. The molecule has 0 amide bonds. The van der Waals surface area contributed by atoms with Crippen molar-refractivity contribution in [3.05, 3.63) is 0 Å². The molecule has 0 fully saturated rings. The molecule has 0 saturated heterocycles. The van der Waals surface area contributed by atoms with E-state index in [1.54, 1.807) is 0 Å². The summed E-state index contributed by atoms with van der Waals surface area (Å²) >= 11 is 0. The molecule has 2 unspecified atom stereocenters. The van der Waals surface area contributed by atoms with E-state index in [1.807, 2.05) is 0 Å². The van der Waals surface area contributed by atoms with Crippen molar-refractivity contribution in [1.82, 2.24) is 0 Å². The molecule has 2 N–H and O–H groups in total. The molecule has 0 aromatic rings. The standard InChI is InChI=1S/C21H45N.CH4O4S/c1-6-11-14-19(9-4)17-21(22-16-13-8-3)18-20(10-5)15-12-7-2;1-5-6(2,3)4/h19-22H,6-18H2,1-5H3;1H3,(H,2,3,4). The van der Waals surface area contributed by atoms with Crippen molar-refractivity contribution in [2.45, 2.75) is 118 Å². The molecule has 0 aliphatic heterocycles. The Morgan fingerprint density at radius 1 is 0.821 bits per heavy atom. The van der Waals surface area contributed by atoms with Crippen LogP contribution in [0.2, 0.25) is 0 Å². The van der Waals surface area contributed by atoms with Gasteiger partial charge in [0.05, 0.1) is 19.7 Å². The maximum Gasteiger partial charge on any atom is 0.217 e. The lowest BCUT2D eigenvalue weighted by Crippen LogP contribution is -2.90. The summed E-state index contributed by atoms with van der Waals surface area (Å²) in [6.07, 6.45) is 16.9. The van der Waals surface area contributed by atoms with E-state index in [2.05, 4.69) is 44.1 Å². The molecule has 0 aromatic heterocycles. The first-order valence-corrected chi connectivity index (χ1v) is 13.0. The van der Waals surface area contributed by atoms with Gasteiger partial charge in [0.2, 0.25) is 10.4 Å². The lowest BCUT2D eigenvalue weighted by atomic mass is 9.85. The molecule has 0 rings (SSSR count).